The van der Waals surface area contributed by atoms with Crippen LogP contribution in [-0.4, -0.2) is 22.4 Å². The summed E-state index contributed by atoms with van der Waals surface area (Å²) >= 11 is 0. The van der Waals surface area contributed by atoms with Crippen LogP contribution in [0.1, 0.15) is 12.7 Å². The first-order chi connectivity index (χ1) is 6.24. The van der Waals surface area contributed by atoms with Gasteiger partial charge in [-0.1, -0.05) is 6.92 Å². The summed E-state index contributed by atoms with van der Waals surface area (Å²) in [6, 6.07) is 0. The molecule has 0 fully saturated rings. The second-order valence-electron chi connectivity index (χ2n) is 2.89. The minimum absolute atomic E-state index is 0.0427. The van der Waals surface area contributed by atoms with E-state index in [1.807, 2.05) is 0 Å². The van der Waals surface area contributed by atoms with Crippen molar-refractivity contribution in [3.63, 3.8) is 0 Å². The molecule has 1 aromatic rings. The number of carbonyl (C=O) groups excluding carboxylic acids is 1. The van der Waals surface area contributed by atoms with Gasteiger partial charge < -0.3 is 16.0 Å². The Morgan fingerprint density at radius 1 is 1.85 bits per heavy atom. The van der Waals surface area contributed by atoms with Crippen LogP contribution >= 0.6 is 0 Å². The molecule has 0 aliphatic heterocycles. The van der Waals surface area contributed by atoms with Crippen molar-refractivity contribution in [3.05, 3.63) is 18.2 Å². The SMILES string of the molecule is CC(CN)C(=O)NCc1ncc[nH]1. The van der Waals surface area contributed by atoms with Gasteiger partial charge in [-0.05, 0) is 0 Å². The van der Waals surface area contributed by atoms with Crippen LogP contribution in [0, 0.1) is 5.92 Å². The molecule has 5 heteroatoms. The summed E-state index contributed by atoms with van der Waals surface area (Å²) in [5.74, 6) is 0.562. The molecule has 0 bridgehead atoms. The zero-order valence-corrected chi connectivity index (χ0v) is 7.58. The van der Waals surface area contributed by atoms with Crippen LogP contribution in [0.5, 0.6) is 0 Å². The number of H-pyrrole nitrogens is 1. The largest absolute Gasteiger partial charge is 0.349 e. The van der Waals surface area contributed by atoms with Crippen LogP contribution in [-0.2, 0) is 11.3 Å². The molecular formula is C8H14N4O. The molecule has 1 rings (SSSR count). The molecule has 5 nitrogen and oxygen atoms in total. The number of hydrogen-bond acceptors (Lipinski definition) is 3. The molecular weight excluding hydrogens is 168 g/mol. The summed E-state index contributed by atoms with van der Waals surface area (Å²) < 4.78 is 0. The van der Waals surface area contributed by atoms with Crippen molar-refractivity contribution in [2.75, 3.05) is 6.54 Å². The van der Waals surface area contributed by atoms with Gasteiger partial charge >= 0.3 is 0 Å². The second-order valence-corrected chi connectivity index (χ2v) is 2.89. The highest BCUT2D eigenvalue weighted by molar-refractivity contribution is 5.78. The molecule has 4 N–H and O–H groups in total. The molecule has 1 heterocycles. The quantitative estimate of drug-likeness (QED) is 0.593. The van der Waals surface area contributed by atoms with Crippen molar-refractivity contribution in [2.24, 2.45) is 11.7 Å². The third-order valence-electron chi connectivity index (χ3n) is 1.79. The fraction of sp³-hybridized carbons (Fsp3) is 0.500. The summed E-state index contributed by atoms with van der Waals surface area (Å²) in [7, 11) is 0. The molecule has 0 saturated heterocycles. The minimum Gasteiger partial charge on any atom is -0.349 e. The third-order valence-corrected chi connectivity index (χ3v) is 1.79. The van der Waals surface area contributed by atoms with Gasteiger partial charge in [-0.15, -0.1) is 0 Å². The molecule has 1 aromatic heterocycles. The molecule has 72 valence electrons. The van der Waals surface area contributed by atoms with Gasteiger partial charge in [0.25, 0.3) is 0 Å². The van der Waals surface area contributed by atoms with E-state index in [0.29, 0.717) is 13.1 Å². The van der Waals surface area contributed by atoms with E-state index in [2.05, 4.69) is 15.3 Å². The van der Waals surface area contributed by atoms with E-state index in [4.69, 9.17) is 5.73 Å². The summed E-state index contributed by atoms with van der Waals surface area (Å²) in [6.45, 7) is 2.58. The monoisotopic (exact) mass is 182 g/mol. The lowest BCUT2D eigenvalue weighted by molar-refractivity contribution is -0.124. The van der Waals surface area contributed by atoms with Crippen LogP contribution in [0.25, 0.3) is 0 Å². The zero-order valence-electron chi connectivity index (χ0n) is 7.58. The highest BCUT2D eigenvalue weighted by atomic mass is 16.1. The minimum atomic E-state index is -0.144. The van der Waals surface area contributed by atoms with Gasteiger partial charge in [0.05, 0.1) is 6.54 Å². The normalized spacial score (nSPS) is 12.5. The Hall–Kier alpha value is -1.36. The molecule has 1 unspecified atom stereocenters. The number of carbonyl (C=O) groups is 1. The summed E-state index contributed by atoms with van der Waals surface area (Å²) in [5, 5.41) is 2.72. The zero-order chi connectivity index (χ0) is 9.68. The molecule has 0 saturated carbocycles. The Morgan fingerprint density at radius 2 is 2.62 bits per heavy atom. The first-order valence-corrected chi connectivity index (χ1v) is 4.20. The number of imidazole rings is 1. The Morgan fingerprint density at radius 3 is 3.15 bits per heavy atom. The number of nitrogens with one attached hydrogen (secondary N) is 2. The number of nitrogens with zero attached hydrogens (tertiary/aromatic N) is 1. The lowest BCUT2D eigenvalue weighted by Gasteiger charge is -2.07. The Bertz CT molecular complexity index is 257. The lowest BCUT2D eigenvalue weighted by atomic mass is 10.2. The topological polar surface area (TPSA) is 83.8 Å². The highest BCUT2D eigenvalue weighted by Crippen LogP contribution is 1.92. The number of rotatable bonds is 4. The number of aromatic nitrogens is 2. The Balaban J connectivity index is 2.31. The Labute approximate surface area is 76.7 Å². The molecule has 0 aliphatic carbocycles. The first kappa shape index (κ1) is 9.73. The van der Waals surface area contributed by atoms with Crippen molar-refractivity contribution in [2.45, 2.75) is 13.5 Å². The summed E-state index contributed by atoms with van der Waals surface area (Å²) in [4.78, 5) is 18.1. The lowest BCUT2D eigenvalue weighted by Crippen LogP contribution is -2.33. The van der Waals surface area contributed by atoms with Crippen LogP contribution in [0.4, 0.5) is 0 Å². The first-order valence-electron chi connectivity index (χ1n) is 4.20. The number of hydrogen-bond donors (Lipinski definition) is 3. The van der Waals surface area contributed by atoms with E-state index in [0.717, 1.165) is 5.82 Å². The third kappa shape index (κ3) is 2.87. The van der Waals surface area contributed by atoms with E-state index < -0.39 is 0 Å². The molecule has 1 amide bonds. The number of amides is 1. The molecule has 0 aromatic carbocycles. The van der Waals surface area contributed by atoms with Gasteiger partial charge in [0.15, 0.2) is 0 Å². The van der Waals surface area contributed by atoms with Crippen LogP contribution < -0.4 is 11.1 Å². The molecule has 13 heavy (non-hydrogen) atoms. The highest BCUT2D eigenvalue weighted by Gasteiger charge is 2.09. The fourth-order valence-electron chi connectivity index (χ4n) is 0.847. The van der Waals surface area contributed by atoms with Crippen LogP contribution in [0.15, 0.2) is 12.4 Å². The number of aromatic amines is 1. The van der Waals surface area contributed by atoms with Crippen LogP contribution in [0.2, 0.25) is 0 Å². The maximum atomic E-state index is 11.2. The molecule has 0 aliphatic rings. The fourth-order valence-corrected chi connectivity index (χ4v) is 0.847. The van der Waals surface area contributed by atoms with Crippen molar-refractivity contribution in [3.8, 4) is 0 Å². The van der Waals surface area contributed by atoms with Gasteiger partial charge in [-0.2, -0.15) is 0 Å². The van der Waals surface area contributed by atoms with Crippen molar-refractivity contribution >= 4 is 5.91 Å². The van der Waals surface area contributed by atoms with Crippen molar-refractivity contribution in [1.82, 2.24) is 15.3 Å². The standard InChI is InChI=1S/C8H14N4O/c1-6(4-9)8(13)12-5-7-10-2-3-11-7/h2-3,6H,4-5,9H2,1H3,(H,10,11)(H,12,13). The second kappa shape index (κ2) is 4.61. The molecule has 0 spiro atoms. The summed E-state index contributed by atoms with van der Waals surface area (Å²) in [5.41, 5.74) is 5.34. The van der Waals surface area contributed by atoms with E-state index in [1.165, 1.54) is 0 Å². The average Bonchev–Trinajstić information content (AvgIpc) is 2.65. The van der Waals surface area contributed by atoms with E-state index >= 15 is 0 Å². The van der Waals surface area contributed by atoms with Gasteiger partial charge in [-0.25, -0.2) is 4.98 Å². The van der Waals surface area contributed by atoms with E-state index in [9.17, 15) is 4.79 Å². The van der Waals surface area contributed by atoms with E-state index in [-0.39, 0.29) is 11.8 Å². The molecule has 1 atom stereocenters. The molecule has 0 radical (unpaired) electrons. The predicted molar refractivity (Wildman–Crippen MR) is 48.7 cm³/mol. The van der Waals surface area contributed by atoms with Gasteiger partial charge in [0.1, 0.15) is 5.82 Å². The van der Waals surface area contributed by atoms with Crippen LogP contribution in [0.3, 0.4) is 0 Å². The van der Waals surface area contributed by atoms with Gasteiger partial charge in [0.2, 0.25) is 5.91 Å². The van der Waals surface area contributed by atoms with Crippen molar-refractivity contribution in [1.29, 1.82) is 0 Å². The van der Waals surface area contributed by atoms with Crippen molar-refractivity contribution < 1.29 is 4.79 Å². The average molecular weight is 182 g/mol. The van der Waals surface area contributed by atoms with Gasteiger partial charge in [-0.3, -0.25) is 4.79 Å². The van der Waals surface area contributed by atoms with Gasteiger partial charge in [0, 0.05) is 24.9 Å². The number of nitrogens with two attached hydrogens (primary N) is 1. The smallest absolute Gasteiger partial charge is 0.224 e. The maximum absolute atomic E-state index is 11.2. The maximum Gasteiger partial charge on any atom is 0.224 e. The Kier molecular flexibility index (Phi) is 3.45. The predicted octanol–water partition coefficient (Wildman–Crippen LogP) is -0.379. The van der Waals surface area contributed by atoms with E-state index in [1.54, 1.807) is 19.3 Å². The summed E-state index contributed by atoms with van der Waals surface area (Å²) in [6.07, 6.45) is 3.36.